The SMILES string of the molecule is CCc1nc(C(N)c2ccc(OC)c(C)c2)sc1C. The second kappa shape index (κ2) is 5.72. The molecule has 1 unspecified atom stereocenters. The Balaban J connectivity index is 2.32. The van der Waals surface area contributed by atoms with Crippen LogP contribution in [0.15, 0.2) is 18.2 Å². The Hall–Kier alpha value is -1.39. The molecule has 2 aromatic rings. The molecule has 19 heavy (non-hydrogen) atoms. The van der Waals surface area contributed by atoms with Gasteiger partial charge in [0, 0.05) is 4.88 Å². The summed E-state index contributed by atoms with van der Waals surface area (Å²) in [5.74, 6) is 0.889. The lowest BCUT2D eigenvalue weighted by Gasteiger charge is -2.12. The van der Waals surface area contributed by atoms with Crippen molar-refractivity contribution in [2.45, 2.75) is 33.2 Å². The summed E-state index contributed by atoms with van der Waals surface area (Å²) in [4.78, 5) is 5.90. The molecule has 4 heteroatoms. The van der Waals surface area contributed by atoms with Crippen molar-refractivity contribution < 1.29 is 4.74 Å². The Kier molecular flexibility index (Phi) is 4.22. The van der Waals surface area contributed by atoms with E-state index in [0.29, 0.717) is 0 Å². The van der Waals surface area contributed by atoms with Crippen molar-refractivity contribution in [2.75, 3.05) is 7.11 Å². The molecule has 0 fully saturated rings. The van der Waals surface area contributed by atoms with Gasteiger partial charge < -0.3 is 10.5 Å². The minimum Gasteiger partial charge on any atom is -0.496 e. The van der Waals surface area contributed by atoms with Crippen molar-refractivity contribution in [3.63, 3.8) is 0 Å². The van der Waals surface area contributed by atoms with Crippen LogP contribution in [0, 0.1) is 13.8 Å². The van der Waals surface area contributed by atoms with Gasteiger partial charge in [0.25, 0.3) is 0 Å². The second-order valence-corrected chi connectivity index (χ2v) is 5.85. The first-order valence-corrected chi connectivity index (χ1v) is 7.24. The highest BCUT2D eigenvalue weighted by Gasteiger charge is 2.16. The van der Waals surface area contributed by atoms with E-state index < -0.39 is 0 Å². The second-order valence-electron chi connectivity index (χ2n) is 4.62. The van der Waals surface area contributed by atoms with Gasteiger partial charge in [-0.1, -0.05) is 19.1 Å². The first-order chi connectivity index (χ1) is 9.06. The third kappa shape index (κ3) is 2.80. The molecule has 0 aliphatic carbocycles. The number of aromatic nitrogens is 1. The summed E-state index contributed by atoms with van der Waals surface area (Å²) in [6, 6.07) is 5.89. The van der Waals surface area contributed by atoms with Gasteiger partial charge in [0.2, 0.25) is 0 Å². The predicted octanol–water partition coefficient (Wildman–Crippen LogP) is 3.38. The van der Waals surface area contributed by atoms with Crippen LogP contribution in [0.3, 0.4) is 0 Å². The third-order valence-corrected chi connectivity index (χ3v) is 4.38. The Bertz CT molecular complexity index is 578. The Morgan fingerprint density at radius 1 is 1.37 bits per heavy atom. The number of nitrogens with zero attached hydrogens (tertiary/aromatic N) is 1. The van der Waals surface area contributed by atoms with Crippen molar-refractivity contribution in [1.29, 1.82) is 0 Å². The van der Waals surface area contributed by atoms with Gasteiger partial charge in [0.1, 0.15) is 10.8 Å². The molecular formula is C15H20N2OS. The lowest BCUT2D eigenvalue weighted by Crippen LogP contribution is -2.12. The zero-order chi connectivity index (χ0) is 14.0. The van der Waals surface area contributed by atoms with Gasteiger partial charge in [-0.25, -0.2) is 4.98 Å². The fourth-order valence-corrected chi connectivity index (χ4v) is 3.19. The molecule has 0 saturated carbocycles. The molecule has 0 amide bonds. The van der Waals surface area contributed by atoms with Crippen LogP contribution >= 0.6 is 11.3 Å². The number of benzene rings is 1. The van der Waals surface area contributed by atoms with E-state index in [9.17, 15) is 0 Å². The Morgan fingerprint density at radius 3 is 2.63 bits per heavy atom. The fraction of sp³-hybridized carbons (Fsp3) is 0.400. The number of hydrogen-bond acceptors (Lipinski definition) is 4. The number of aryl methyl sites for hydroxylation is 3. The summed E-state index contributed by atoms with van der Waals surface area (Å²) >= 11 is 1.69. The molecule has 0 aliphatic heterocycles. The van der Waals surface area contributed by atoms with Crippen molar-refractivity contribution in [1.82, 2.24) is 4.98 Å². The Morgan fingerprint density at radius 2 is 2.11 bits per heavy atom. The van der Waals surface area contributed by atoms with E-state index in [2.05, 4.69) is 24.9 Å². The molecule has 0 saturated heterocycles. The first-order valence-electron chi connectivity index (χ1n) is 6.43. The van der Waals surface area contributed by atoms with Crippen molar-refractivity contribution in [3.8, 4) is 5.75 Å². The van der Waals surface area contributed by atoms with Gasteiger partial charge in [-0.05, 0) is 37.5 Å². The number of methoxy groups -OCH3 is 1. The van der Waals surface area contributed by atoms with Gasteiger partial charge >= 0.3 is 0 Å². The largest absolute Gasteiger partial charge is 0.496 e. The topological polar surface area (TPSA) is 48.1 Å². The molecule has 2 N–H and O–H groups in total. The molecule has 2 rings (SSSR count). The molecule has 0 spiro atoms. The molecule has 1 aromatic carbocycles. The lowest BCUT2D eigenvalue weighted by molar-refractivity contribution is 0.411. The minimum absolute atomic E-state index is 0.159. The molecule has 1 atom stereocenters. The van der Waals surface area contributed by atoms with Crippen LogP contribution in [-0.2, 0) is 6.42 Å². The van der Waals surface area contributed by atoms with Crippen LogP contribution in [0.5, 0.6) is 5.75 Å². The zero-order valence-electron chi connectivity index (χ0n) is 11.9. The van der Waals surface area contributed by atoms with E-state index in [4.69, 9.17) is 10.5 Å². The maximum atomic E-state index is 6.32. The number of nitrogens with two attached hydrogens (primary N) is 1. The number of ether oxygens (including phenoxy) is 1. The van der Waals surface area contributed by atoms with E-state index >= 15 is 0 Å². The molecule has 102 valence electrons. The first kappa shape index (κ1) is 14.0. The van der Waals surface area contributed by atoms with Crippen LogP contribution in [-0.4, -0.2) is 12.1 Å². The highest BCUT2D eigenvalue weighted by Crippen LogP contribution is 2.29. The summed E-state index contributed by atoms with van der Waals surface area (Å²) in [5.41, 5.74) is 9.65. The number of thiazole rings is 1. The molecule has 0 radical (unpaired) electrons. The maximum absolute atomic E-state index is 6.32. The number of rotatable bonds is 4. The predicted molar refractivity (Wildman–Crippen MR) is 80.0 cm³/mol. The molecule has 1 heterocycles. The average molecular weight is 276 g/mol. The molecule has 1 aromatic heterocycles. The van der Waals surface area contributed by atoms with Gasteiger partial charge in [-0.15, -0.1) is 11.3 Å². The highest BCUT2D eigenvalue weighted by atomic mass is 32.1. The van der Waals surface area contributed by atoms with Crippen LogP contribution in [0.25, 0.3) is 0 Å². The maximum Gasteiger partial charge on any atom is 0.121 e. The zero-order valence-corrected chi connectivity index (χ0v) is 12.7. The number of hydrogen-bond donors (Lipinski definition) is 1. The van der Waals surface area contributed by atoms with Gasteiger partial charge in [0.05, 0.1) is 18.8 Å². The molecule has 3 nitrogen and oxygen atoms in total. The van der Waals surface area contributed by atoms with E-state index in [0.717, 1.165) is 34.0 Å². The normalized spacial score (nSPS) is 12.5. The summed E-state index contributed by atoms with van der Waals surface area (Å²) in [6.45, 7) is 6.25. The summed E-state index contributed by atoms with van der Waals surface area (Å²) in [5, 5.41) is 0.985. The molecule has 0 aliphatic rings. The standard InChI is InChI=1S/C15H20N2OS/c1-5-12-10(3)19-15(17-12)14(16)11-6-7-13(18-4)9(2)8-11/h6-8,14H,5,16H2,1-4H3. The van der Waals surface area contributed by atoms with Crippen LogP contribution in [0.1, 0.15) is 39.7 Å². The molecule has 0 bridgehead atoms. The van der Waals surface area contributed by atoms with Crippen LogP contribution in [0.2, 0.25) is 0 Å². The lowest BCUT2D eigenvalue weighted by atomic mass is 10.0. The van der Waals surface area contributed by atoms with E-state index in [1.165, 1.54) is 4.88 Å². The Labute approximate surface area is 118 Å². The van der Waals surface area contributed by atoms with E-state index in [-0.39, 0.29) is 6.04 Å². The fourth-order valence-electron chi connectivity index (χ4n) is 2.15. The van der Waals surface area contributed by atoms with Gasteiger partial charge in [0.15, 0.2) is 0 Å². The quantitative estimate of drug-likeness (QED) is 0.931. The summed E-state index contributed by atoms with van der Waals surface area (Å²) in [6.07, 6.45) is 0.955. The van der Waals surface area contributed by atoms with Crippen LogP contribution < -0.4 is 10.5 Å². The van der Waals surface area contributed by atoms with Crippen molar-refractivity contribution >= 4 is 11.3 Å². The smallest absolute Gasteiger partial charge is 0.121 e. The highest BCUT2D eigenvalue weighted by molar-refractivity contribution is 7.11. The summed E-state index contributed by atoms with van der Waals surface area (Å²) in [7, 11) is 1.68. The average Bonchev–Trinajstić information content (AvgIpc) is 2.79. The van der Waals surface area contributed by atoms with Gasteiger partial charge in [-0.2, -0.15) is 0 Å². The molecular weight excluding hydrogens is 256 g/mol. The minimum atomic E-state index is -0.159. The van der Waals surface area contributed by atoms with Crippen molar-refractivity contribution in [3.05, 3.63) is 44.9 Å². The monoisotopic (exact) mass is 276 g/mol. The third-order valence-electron chi connectivity index (χ3n) is 3.29. The van der Waals surface area contributed by atoms with E-state index in [1.807, 2.05) is 19.1 Å². The van der Waals surface area contributed by atoms with Gasteiger partial charge in [-0.3, -0.25) is 0 Å². The summed E-state index contributed by atoms with van der Waals surface area (Å²) < 4.78 is 5.27. The van der Waals surface area contributed by atoms with E-state index in [1.54, 1.807) is 18.4 Å². The van der Waals surface area contributed by atoms with Crippen molar-refractivity contribution in [2.24, 2.45) is 5.73 Å². The van der Waals surface area contributed by atoms with Crippen LogP contribution in [0.4, 0.5) is 0 Å².